The van der Waals surface area contributed by atoms with E-state index in [2.05, 4.69) is 12.2 Å². The first-order valence-corrected chi connectivity index (χ1v) is 7.63. The average molecular weight is 280 g/mol. The fourth-order valence-electron chi connectivity index (χ4n) is 2.79. The highest BCUT2D eigenvalue weighted by atomic mass is 16.5. The van der Waals surface area contributed by atoms with Crippen molar-refractivity contribution in [1.29, 1.82) is 0 Å². The minimum absolute atomic E-state index is 0.132. The number of hydrogen-bond donors (Lipinski definition) is 1. The third-order valence-corrected chi connectivity index (χ3v) is 3.94. The lowest BCUT2D eigenvalue weighted by molar-refractivity contribution is -0.129. The summed E-state index contributed by atoms with van der Waals surface area (Å²) in [5.41, 5.74) is 0. The monoisotopic (exact) mass is 280 g/mol. The molecule has 0 spiro atoms. The average Bonchev–Trinajstić information content (AvgIpc) is 2.90. The van der Waals surface area contributed by atoms with E-state index in [-0.39, 0.29) is 17.9 Å². The molecular formula is C15H24N2O3. The van der Waals surface area contributed by atoms with E-state index in [1.54, 1.807) is 0 Å². The van der Waals surface area contributed by atoms with Crippen molar-refractivity contribution < 1.29 is 14.3 Å². The summed E-state index contributed by atoms with van der Waals surface area (Å²) in [6.07, 6.45) is 7.10. The largest absolute Gasteiger partial charge is 0.488 e. The van der Waals surface area contributed by atoms with Crippen LogP contribution in [0.1, 0.15) is 45.4 Å². The molecule has 1 saturated heterocycles. The van der Waals surface area contributed by atoms with E-state index in [9.17, 15) is 9.59 Å². The SMILES string of the molecule is CCC(CCNC(=O)C1=CCCCO1)N1CCCC1=O. The van der Waals surface area contributed by atoms with Gasteiger partial charge in [-0.15, -0.1) is 0 Å². The van der Waals surface area contributed by atoms with Crippen LogP contribution in [0.4, 0.5) is 0 Å². The predicted molar refractivity (Wildman–Crippen MR) is 75.9 cm³/mol. The highest BCUT2D eigenvalue weighted by Crippen LogP contribution is 2.17. The second-order valence-corrected chi connectivity index (χ2v) is 5.36. The molecule has 1 atom stereocenters. The number of amides is 2. The van der Waals surface area contributed by atoms with Crippen molar-refractivity contribution in [3.8, 4) is 0 Å². The summed E-state index contributed by atoms with van der Waals surface area (Å²) in [5, 5.41) is 2.89. The molecule has 1 unspecified atom stereocenters. The number of carbonyl (C=O) groups excluding carboxylic acids is 2. The molecule has 2 rings (SSSR count). The lowest BCUT2D eigenvalue weighted by Gasteiger charge is -2.27. The molecule has 0 aromatic rings. The number of nitrogens with zero attached hydrogens (tertiary/aromatic N) is 1. The van der Waals surface area contributed by atoms with Crippen molar-refractivity contribution in [1.82, 2.24) is 10.2 Å². The summed E-state index contributed by atoms with van der Waals surface area (Å²) in [6.45, 7) is 4.16. The molecule has 0 bridgehead atoms. The third-order valence-electron chi connectivity index (χ3n) is 3.94. The summed E-state index contributed by atoms with van der Waals surface area (Å²) in [7, 11) is 0. The minimum atomic E-state index is -0.132. The number of ether oxygens (including phenoxy) is 1. The highest BCUT2D eigenvalue weighted by molar-refractivity contribution is 5.91. The maximum atomic E-state index is 11.9. The molecule has 1 fully saturated rings. The van der Waals surface area contributed by atoms with Gasteiger partial charge in [-0.25, -0.2) is 0 Å². The van der Waals surface area contributed by atoms with Gasteiger partial charge < -0.3 is 15.0 Å². The van der Waals surface area contributed by atoms with Crippen LogP contribution in [0.3, 0.4) is 0 Å². The van der Waals surface area contributed by atoms with E-state index >= 15 is 0 Å². The van der Waals surface area contributed by atoms with Crippen molar-refractivity contribution in [3.05, 3.63) is 11.8 Å². The van der Waals surface area contributed by atoms with Gasteiger partial charge in [-0.2, -0.15) is 0 Å². The first-order chi connectivity index (χ1) is 9.72. The second kappa shape index (κ2) is 7.31. The zero-order valence-corrected chi connectivity index (χ0v) is 12.2. The van der Waals surface area contributed by atoms with Gasteiger partial charge in [0.2, 0.25) is 5.91 Å². The summed E-state index contributed by atoms with van der Waals surface area (Å²) in [4.78, 5) is 25.6. The normalized spacial score (nSPS) is 20.4. The maximum Gasteiger partial charge on any atom is 0.286 e. The van der Waals surface area contributed by atoms with Crippen LogP contribution in [0.2, 0.25) is 0 Å². The molecule has 0 radical (unpaired) electrons. The molecule has 0 saturated carbocycles. The quantitative estimate of drug-likeness (QED) is 0.804. The molecule has 20 heavy (non-hydrogen) atoms. The highest BCUT2D eigenvalue weighted by Gasteiger charge is 2.26. The summed E-state index contributed by atoms with van der Waals surface area (Å²) in [5.74, 6) is 0.565. The number of nitrogens with one attached hydrogen (secondary N) is 1. The summed E-state index contributed by atoms with van der Waals surface area (Å²) >= 11 is 0. The molecule has 2 amide bonds. The molecule has 2 heterocycles. The summed E-state index contributed by atoms with van der Waals surface area (Å²) < 4.78 is 5.32. The Labute approximate surface area is 120 Å². The van der Waals surface area contributed by atoms with Gasteiger partial charge in [0, 0.05) is 25.6 Å². The second-order valence-electron chi connectivity index (χ2n) is 5.36. The van der Waals surface area contributed by atoms with Gasteiger partial charge in [-0.3, -0.25) is 9.59 Å². The Hall–Kier alpha value is -1.52. The van der Waals surface area contributed by atoms with E-state index in [1.165, 1.54) is 0 Å². The van der Waals surface area contributed by atoms with Crippen LogP contribution < -0.4 is 5.32 Å². The maximum absolute atomic E-state index is 11.9. The molecule has 0 aliphatic carbocycles. The van der Waals surface area contributed by atoms with Gasteiger partial charge in [-0.1, -0.05) is 6.92 Å². The van der Waals surface area contributed by atoms with E-state index < -0.39 is 0 Å². The Kier molecular flexibility index (Phi) is 5.44. The smallest absolute Gasteiger partial charge is 0.286 e. The van der Waals surface area contributed by atoms with Gasteiger partial charge in [0.1, 0.15) is 0 Å². The number of rotatable bonds is 6. The van der Waals surface area contributed by atoms with Gasteiger partial charge in [0.15, 0.2) is 5.76 Å². The minimum Gasteiger partial charge on any atom is -0.488 e. The lowest BCUT2D eigenvalue weighted by atomic mass is 10.1. The standard InChI is InChI=1S/C15H24N2O3/c1-2-12(17-10-5-7-14(17)18)8-9-16-15(19)13-6-3-4-11-20-13/h6,12H,2-5,7-11H2,1H3,(H,16,19). The van der Waals surface area contributed by atoms with Crippen LogP contribution in [0.25, 0.3) is 0 Å². The fraction of sp³-hybridized carbons (Fsp3) is 0.733. The van der Waals surface area contributed by atoms with Crippen LogP contribution in [0, 0.1) is 0 Å². The molecule has 0 aromatic carbocycles. The van der Waals surface area contributed by atoms with E-state index in [1.807, 2.05) is 11.0 Å². The number of likely N-dealkylation sites (tertiary alicyclic amines) is 1. The van der Waals surface area contributed by atoms with Gasteiger partial charge in [-0.05, 0) is 38.2 Å². The number of hydrogen-bond acceptors (Lipinski definition) is 3. The van der Waals surface area contributed by atoms with Crippen molar-refractivity contribution >= 4 is 11.8 Å². The fourth-order valence-corrected chi connectivity index (χ4v) is 2.79. The third kappa shape index (κ3) is 3.74. The Balaban J connectivity index is 1.74. The van der Waals surface area contributed by atoms with E-state index in [0.717, 1.165) is 38.6 Å². The first-order valence-electron chi connectivity index (χ1n) is 7.63. The molecule has 112 valence electrons. The Morgan fingerprint density at radius 3 is 2.95 bits per heavy atom. The molecule has 1 N–H and O–H groups in total. The number of allylic oxidation sites excluding steroid dienone is 1. The van der Waals surface area contributed by atoms with E-state index in [0.29, 0.717) is 25.3 Å². The zero-order valence-electron chi connectivity index (χ0n) is 12.2. The van der Waals surface area contributed by atoms with Crippen molar-refractivity contribution in [3.63, 3.8) is 0 Å². The number of carbonyl (C=O) groups is 2. The van der Waals surface area contributed by atoms with Gasteiger partial charge in [0.05, 0.1) is 6.61 Å². The predicted octanol–water partition coefficient (Wildman–Crippen LogP) is 1.59. The molecule has 5 nitrogen and oxygen atoms in total. The molecule has 2 aliphatic heterocycles. The van der Waals surface area contributed by atoms with Crippen LogP contribution >= 0.6 is 0 Å². The van der Waals surface area contributed by atoms with Crippen LogP contribution in [0.15, 0.2) is 11.8 Å². The van der Waals surface area contributed by atoms with Crippen molar-refractivity contribution in [2.75, 3.05) is 19.7 Å². The van der Waals surface area contributed by atoms with Crippen LogP contribution in [0.5, 0.6) is 0 Å². The summed E-state index contributed by atoms with van der Waals surface area (Å²) in [6, 6.07) is 0.242. The van der Waals surface area contributed by atoms with Crippen molar-refractivity contribution in [2.45, 2.75) is 51.5 Å². The zero-order chi connectivity index (χ0) is 14.4. The van der Waals surface area contributed by atoms with Crippen LogP contribution in [-0.4, -0.2) is 42.5 Å². The topological polar surface area (TPSA) is 58.6 Å². The Morgan fingerprint density at radius 2 is 2.35 bits per heavy atom. The van der Waals surface area contributed by atoms with Crippen molar-refractivity contribution in [2.24, 2.45) is 0 Å². The lowest BCUT2D eigenvalue weighted by Crippen LogP contribution is -2.39. The van der Waals surface area contributed by atoms with Gasteiger partial charge >= 0.3 is 0 Å². The van der Waals surface area contributed by atoms with E-state index in [4.69, 9.17) is 4.74 Å². The molecular weight excluding hydrogens is 256 g/mol. The molecule has 0 aromatic heterocycles. The van der Waals surface area contributed by atoms with Gasteiger partial charge in [0.25, 0.3) is 5.91 Å². The molecule has 5 heteroatoms. The van der Waals surface area contributed by atoms with Crippen LogP contribution in [-0.2, 0) is 14.3 Å². The molecule has 2 aliphatic rings. The Bertz CT molecular complexity index is 393. The Morgan fingerprint density at radius 1 is 1.50 bits per heavy atom. The first kappa shape index (κ1) is 14.9.